The Kier molecular flexibility index (Phi) is 6.58. The van der Waals surface area contributed by atoms with Crippen molar-refractivity contribution < 1.29 is 4.58 Å². The van der Waals surface area contributed by atoms with E-state index in [2.05, 4.69) is 78.2 Å². The van der Waals surface area contributed by atoms with E-state index in [4.69, 9.17) is 0 Å². The van der Waals surface area contributed by atoms with Crippen LogP contribution in [-0.4, -0.2) is 24.4 Å². The van der Waals surface area contributed by atoms with Gasteiger partial charge in [0.05, 0.1) is 6.42 Å². The lowest BCUT2D eigenvalue weighted by atomic mass is 10.1. The summed E-state index contributed by atoms with van der Waals surface area (Å²) in [4.78, 5) is 2.32. The lowest BCUT2D eigenvalue weighted by Gasteiger charge is -2.14. The van der Waals surface area contributed by atoms with Gasteiger partial charge in [-0.3, -0.25) is 0 Å². The normalized spacial score (nSPS) is 15.9. The summed E-state index contributed by atoms with van der Waals surface area (Å²) in [6, 6.07) is 17.3. The molecule has 0 aromatic heterocycles. The van der Waals surface area contributed by atoms with Crippen molar-refractivity contribution >= 4 is 17.1 Å². The summed E-state index contributed by atoms with van der Waals surface area (Å²) >= 11 is 0. The fraction of sp³-hybridized carbons (Fsp3) is 0.348. The van der Waals surface area contributed by atoms with Crippen molar-refractivity contribution in [2.75, 3.05) is 19.0 Å². The van der Waals surface area contributed by atoms with Crippen molar-refractivity contribution in [3.05, 3.63) is 71.4 Å². The Morgan fingerprint density at radius 2 is 1.44 bits per heavy atom. The number of rotatable bonds is 1. The first kappa shape index (κ1) is 19.0. The highest BCUT2D eigenvalue weighted by atomic mass is 15.1. The van der Waals surface area contributed by atoms with E-state index in [1.165, 1.54) is 33.9 Å². The van der Waals surface area contributed by atoms with Crippen LogP contribution < -0.4 is 4.90 Å². The third kappa shape index (κ3) is 3.68. The van der Waals surface area contributed by atoms with Gasteiger partial charge in [0.1, 0.15) is 7.05 Å². The van der Waals surface area contributed by atoms with Crippen molar-refractivity contribution in [2.45, 2.75) is 40.5 Å². The van der Waals surface area contributed by atoms with Crippen LogP contribution in [0.5, 0.6) is 0 Å². The standard InChI is InChI=1S/C19H19N2.2C2H6/c1-20-16(11-14-7-3-5-9-18(14)20)13-17-12-15-8-4-6-10-19(15)21(17)2;2*1-2/h3-10,13H,11-12H2,1-2H3;2*1-2H3/q+1;;. The molecule has 2 nitrogen and oxygen atoms in total. The zero-order chi connectivity index (χ0) is 18.4. The average molecular weight is 336 g/mol. The number of fused-ring (bicyclic) bond motifs is 2. The molecular weight excluding hydrogens is 304 g/mol. The van der Waals surface area contributed by atoms with Crippen molar-refractivity contribution in [3.8, 4) is 0 Å². The van der Waals surface area contributed by atoms with E-state index in [0.29, 0.717) is 0 Å². The highest BCUT2D eigenvalue weighted by Gasteiger charge is 2.27. The minimum absolute atomic E-state index is 1.03. The molecule has 2 heteroatoms. The molecule has 0 saturated carbocycles. The second kappa shape index (κ2) is 8.66. The smallest absolute Gasteiger partial charge is 0.208 e. The van der Waals surface area contributed by atoms with Crippen LogP contribution in [0.3, 0.4) is 0 Å². The van der Waals surface area contributed by atoms with E-state index in [-0.39, 0.29) is 0 Å². The van der Waals surface area contributed by atoms with E-state index in [1.807, 2.05) is 27.7 Å². The summed E-state index contributed by atoms with van der Waals surface area (Å²) in [6.07, 6.45) is 4.42. The third-order valence-electron chi connectivity index (χ3n) is 4.64. The average Bonchev–Trinajstić information content (AvgIpc) is 3.17. The first-order valence-electron chi connectivity index (χ1n) is 9.44. The van der Waals surface area contributed by atoms with Gasteiger partial charge in [0.2, 0.25) is 5.69 Å². The maximum Gasteiger partial charge on any atom is 0.208 e. The summed E-state index contributed by atoms with van der Waals surface area (Å²) in [7, 11) is 4.33. The number of para-hydroxylation sites is 2. The molecule has 2 heterocycles. The van der Waals surface area contributed by atoms with Crippen LogP contribution in [-0.2, 0) is 12.8 Å². The number of allylic oxidation sites excluding steroid dienone is 2. The van der Waals surface area contributed by atoms with Gasteiger partial charge in [-0.1, -0.05) is 64.1 Å². The first-order valence-corrected chi connectivity index (χ1v) is 9.44. The number of hydrogen-bond acceptors (Lipinski definition) is 1. The number of likely N-dealkylation sites (N-methyl/N-ethyl adjacent to an activating group) is 1. The van der Waals surface area contributed by atoms with Gasteiger partial charge in [-0.05, 0) is 11.6 Å². The van der Waals surface area contributed by atoms with Crippen LogP contribution in [0.1, 0.15) is 38.8 Å². The van der Waals surface area contributed by atoms with Crippen molar-refractivity contribution in [1.29, 1.82) is 0 Å². The Bertz CT molecular complexity index is 784. The van der Waals surface area contributed by atoms with Gasteiger partial charge in [-0.15, -0.1) is 0 Å². The fourth-order valence-corrected chi connectivity index (χ4v) is 3.40. The minimum atomic E-state index is 1.03. The third-order valence-corrected chi connectivity index (χ3v) is 4.64. The second-order valence-corrected chi connectivity index (χ2v) is 5.86. The fourth-order valence-electron chi connectivity index (χ4n) is 3.40. The molecule has 0 N–H and O–H groups in total. The lowest BCUT2D eigenvalue weighted by Crippen LogP contribution is -2.15. The van der Waals surface area contributed by atoms with Crippen molar-refractivity contribution in [2.24, 2.45) is 0 Å². The van der Waals surface area contributed by atoms with Crippen LogP contribution in [0.15, 0.2) is 60.3 Å². The molecule has 25 heavy (non-hydrogen) atoms. The maximum absolute atomic E-state index is 2.36. The van der Waals surface area contributed by atoms with Crippen LogP contribution in [0.2, 0.25) is 0 Å². The molecule has 0 amide bonds. The Balaban J connectivity index is 0.000000528. The summed E-state index contributed by atoms with van der Waals surface area (Å²) in [5.74, 6) is 0. The molecule has 0 spiro atoms. The number of nitrogens with zero attached hydrogens (tertiary/aromatic N) is 2. The van der Waals surface area contributed by atoms with Crippen molar-refractivity contribution in [3.63, 3.8) is 0 Å². The summed E-state index contributed by atoms with van der Waals surface area (Å²) < 4.78 is 2.32. The van der Waals surface area contributed by atoms with Crippen LogP contribution in [0.25, 0.3) is 0 Å². The van der Waals surface area contributed by atoms with Gasteiger partial charge in [0, 0.05) is 42.6 Å². The Labute approximate surface area is 153 Å². The molecule has 0 unspecified atom stereocenters. The maximum atomic E-state index is 2.36. The summed E-state index contributed by atoms with van der Waals surface area (Å²) in [5.41, 5.74) is 8.27. The largest absolute Gasteiger partial charge is 0.347 e. The molecule has 0 aliphatic carbocycles. The van der Waals surface area contributed by atoms with Crippen LogP contribution in [0.4, 0.5) is 11.4 Å². The van der Waals surface area contributed by atoms with Crippen molar-refractivity contribution in [1.82, 2.24) is 0 Å². The SMILES string of the molecule is CC.CC.CN1C(=CC2=[N+](C)c3ccccc3C2)Cc2ccccc21. The van der Waals surface area contributed by atoms with Crippen LogP contribution >= 0.6 is 0 Å². The van der Waals surface area contributed by atoms with E-state index in [1.54, 1.807) is 0 Å². The second-order valence-electron chi connectivity index (χ2n) is 5.86. The van der Waals surface area contributed by atoms with E-state index in [9.17, 15) is 0 Å². The number of benzene rings is 2. The van der Waals surface area contributed by atoms with Gasteiger partial charge < -0.3 is 4.90 Å². The first-order chi connectivity index (χ1) is 12.2. The molecule has 0 atom stereocenters. The molecule has 0 fully saturated rings. The summed E-state index contributed by atoms with van der Waals surface area (Å²) in [6.45, 7) is 8.00. The molecule has 2 aromatic rings. The summed E-state index contributed by atoms with van der Waals surface area (Å²) in [5, 5.41) is 0. The molecule has 0 saturated heterocycles. The Morgan fingerprint density at radius 1 is 0.840 bits per heavy atom. The molecule has 2 aliphatic rings. The highest BCUT2D eigenvalue weighted by molar-refractivity contribution is 5.97. The Hall–Kier alpha value is -2.35. The molecule has 4 rings (SSSR count). The van der Waals surface area contributed by atoms with E-state index >= 15 is 0 Å². The molecule has 0 radical (unpaired) electrons. The van der Waals surface area contributed by atoms with Gasteiger partial charge in [-0.25, -0.2) is 0 Å². The molecule has 132 valence electrons. The monoisotopic (exact) mass is 335 g/mol. The minimum Gasteiger partial charge on any atom is -0.347 e. The van der Waals surface area contributed by atoms with Gasteiger partial charge in [-0.2, -0.15) is 4.58 Å². The zero-order valence-electron chi connectivity index (χ0n) is 16.5. The van der Waals surface area contributed by atoms with Gasteiger partial charge >= 0.3 is 0 Å². The van der Waals surface area contributed by atoms with Gasteiger partial charge in [0.15, 0.2) is 5.71 Å². The van der Waals surface area contributed by atoms with E-state index in [0.717, 1.165) is 12.8 Å². The quantitative estimate of drug-likeness (QED) is 0.616. The predicted molar refractivity (Wildman–Crippen MR) is 110 cm³/mol. The number of anilines is 1. The predicted octanol–water partition coefficient (Wildman–Crippen LogP) is 5.59. The molecule has 0 bridgehead atoms. The molecule has 2 aromatic carbocycles. The van der Waals surface area contributed by atoms with Crippen LogP contribution in [0, 0.1) is 0 Å². The zero-order valence-corrected chi connectivity index (χ0v) is 16.5. The lowest BCUT2D eigenvalue weighted by molar-refractivity contribution is -0.400. The molecular formula is C23H31N2+. The number of hydrogen-bond donors (Lipinski definition) is 0. The topological polar surface area (TPSA) is 6.25 Å². The Morgan fingerprint density at radius 3 is 2.08 bits per heavy atom. The van der Waals surface area contributed by atoms with Gasteiger partial charge in [0.25, 0.3) is 0 Å². The molecule has 2 aliphatic heterocycles. The highest BCUT2D eigenvalue weighted by Crippen LogP contribution is 2.33. The van der Waals surface area contributed by atoms with E-state index < -0.39 is 0 Å².